The smallest absolute Gasteiger partial charge is 0.124 e. The van der Waals surface area contributed by atoms with Crippen molar-refractivity contribution >= 4 is 10.8 Å². The summed E-state index contributed by atoms with van der Waals surface area (Å²) in [4.78, 5) is 0. The fourth-order valence-electron chi connectivity index (χ4n) is 2.84. The highest BCUT2D eigenvalue weighted by molar-refractivity contribution is 5.87. The fraction of sp³-hybridized carbons (Fsp3) is 0.375. The van der Waals surface area contributed by atoms with Gasteiger partial charge in [-0.15, -0.1) is 0 Å². The Morgan fingerprint density at radius 1 is 1.16 bits per heavy atom. The highest BCUT2D eigenvalue weighted by atomic mass is 16.5. The number of fused-ring (bicyclic) bond motifs is 1. The van der Waals surface area contributed by atoms with Crippen molar-refractivity contribution in [3.8, 4) is 5.75 Å². The fourth-order valence-corrected chi connectivity index (χ4v) is 2.84. The first-order chi connectivity index (χ1) is 9.29. The van der Waals surface area contributed by atoms with E-state index < -0.39 is 0 Å². The van der Waals surface area contributed by atoms with Crippen LogP contribution in [0.2, 0.25) is 0 Å². The van der Waals surface area contributed by atoms with Gasteiger partial charge in [-0.3, -0.25) is 0 Å². The number of hydrogen-bond acceptors (Lipinski definition) is 3. The van der Waals surface area contributed by atoms with Crippen molar-refractivity contribution in [3.05, 3.63) is 42.0 Å². The molecule has 100 valence electrons. The molecule has 0 saturated heterocycles. The van der Waals surface area contributed by atoms with Crippen molar-refractivity contribution < 1.29 is 9.84 Å². The molecule has 0 aromatic heterocycles. The zero-order chi connectivity index (χ0) is 13.2. The van der Waals surface area contributed by atoms with Crippen LogP contribution in [0.5, 0.6) is 5.75 Å². The average molecular weight is 257 g/mol. The van der Waals surface area contributed by atoms with Crippen molar-refractivity contribution in [2.45, 2.75) is 38.0 Å². The first-order valence-electron chi connectivity index (χ1n) is 6.85. The van der Waals surface area contributed by atoms with Crippen molar-refractivity contribution in [3.63, 3.8) is 0 Å². The van der Waals surface area contributed by atoms with E-state index in [0.717, 1.165) is 36.0 Å². The lowest BCUT2D eigenvalue weighted by atomic mass is 10.0. The van der Waals surface area contributed by atoms with E-state index in [2.05, 4.69) is 12.1 Å². The van der Waals surface area contributed by atoms with Crippen LogP contribution in [0.4, 0.5) is 0 Å². The number of rotatable bonds is 3. The monoisotopic (exact) mass is 257 g/mol. The van der Waals surface area contributed by atoms with E-state index in [1.165, 1.54) is 5.39 Å². The minimum atomic E-state index is -0.350. The Morgan fingerprint density at radius 3 is 2.74 bits per heavy atom. The molecule has 0 aliphatic heterocycles. The molecule has 0 radical (unpaired) electrons. The van der Waals surface area contributed by atoms with Gasteiger partial charge in [0.25, 0.3) is 0 Å². The van der Waals surface area contributed by atoms with E-state index in [-0.39, 0.29) is 12.2 Å². The van der Waals surface area contributed by atoms with Gasteiger partial charge in [0.15, 0.2) is 0 Å². The van der Waals surface area contributed by atoms with Crippen molar-refractivity contribution in [1.29, 1.82) is 0 Å². The maximum Gasteiger partial charge on any atom is 0.124 e. The molecule has 1 aliphatic rings. The van der Waals surface area contributed by atoms with E-state index >= 15 is 0 Å². The standard InChI is InChI=1S/C16H19NO2/c17-10-13-12-5-2-1-4-11(12)8-9-15(13)19-16-7-3-6-14(16)18/h1-2,4-5,8-9,14,16,18H,3,6-7,10,17H2. The Labute approximate surface area is 113 Å². The van der Waals surface area contributed by atoms with Crippen LogP contribution in [0.15, 0.2) is 36.4 Å². The molecule has 2 unspecified atom stereocenters. The van der Waals surface area contributed by atoms with Gasteiger partial charge in [-0.1, -0.05) is 30.3 Å². The quantitative estimate of drug-likeness (QED) is 0.888. The van der Waals surface area contributed by atoms with Gasteiger partial charge in [-0.05, 0) is 36.1 Å². The molecule has 0 heterocycles. The van der Waals surface area contributed by atoms with Crippen LogP contribution >= 0.6 is 0 Å². The lowest BCUT2D eigenvalue weighted by Gasteiger charge is -2.20. The predicted molar refractivity (Wildman–Crippen MR) is 76.1 cm³/mol. The van der Waals surface area contributed by atoms with E-state index in [4.69, 9.17) is 10.5 Å². The molecule has 3 N–H and O–H groups in total. The number of aliphatic hydroxyl groups is 1. The molecule has 3 heteroatoms. The van der Waals surface area contributed by atoms with E-state index in [0.29, 0.717) is 6.54 Å². The van der Waals surface area contributed by atoms with Crippen LogP contribution in [-0.2, 0) is 6.54 Å². The van der Waals surface area contributed by atoms with Crippen LogP contribution in [0.25, 0.3) is 10.8 Å². The van der Waals surface area contributed by atoms with Crippen LogP contribution in [-0.4, -0.2) is 17.3 Å². The molecule has 1 saturated carbocycles. The normalized spacial score (nSPS) is 22.8. The molecule has 2 aromatic rings. The molecule has 2 atom stereocenters. The van der Waals surface area contributed by atoms with Gasteiger partial charge in [0.1, 0.15) is 11.9 Å². The molecule has 19 heavy (non-hydrogen) atoms. The number of nitrogens with two attached hydrogens (primary N) is 1. The zero-order valence-electron chi connectivity index (χ0n) is 10.9. The van der Waals surface area contributed by atoms with Gasteiger partial charge in [0.2, 0.25) is 0 Å². The third kappa shape index (κ3) is 2.31. The third-order valence-electron chi connectivity index (χ3n) is 3.90. The zero-order valence-corrected chi connectivity index (χ0v) is 10.9. The molecule has 3 rings (SSSR count). The first-order valence-corrected chi connectivity index (χ1v) is 6.85. The minimum absolute atomic E-state index is 0.0912. The molecular formula is C16H19NO2. The molecule has 1 aliphatic carbocycles. The van der Waals surface area contributed by atoms with Crippen LogP contribution in [0.1, 0.15) is 24.8 Å². The second-order valence-electron chi connectivity index (χ2n) is 5.12. The molecule has 1 fully saturated rings. The summed E-state index contributed by atoms with van der Waals surface area (Å²) in [5.74, 6) is 0.812. The summed E-state index contributed by atoms with van der Waals surface area (Å²) in [5, 5.41) is 12.2. The van der Waals surface area contributed by atoms with Gasteiger partial charge in [0, 0.05) is 12.1 Å². The lowest BCUT2D eigenvalue weighted by molar-refractivity contribution is 0.0599. The third-order valence-corrected chi connectivity index (χ3v) is 3.90. The predicted octanol–water partition coefficient (Wildman–Crippen LogP) is 2.59. The Bertz CT molecular complexity index is 582. The second-order valence-corrected chi connectivity index (χ2v) is 5.12. The van der Waals surface area contributed by atoms with Crippen LogP contribution in [0.3, 0.4) is 0 Å². The molecular weight excluding hydrogens is 238 g/mol. The summed E-state index contributed by atoms with van der Waals surface area (Å²) in [7, 11) is 0. The maximum atomic E-state index is 9.87. The Hall–Kier alpha value is -1.58. The highest BCUT2D eigenvalue weighted by Gasteiger charge is 2.27. The summed E-state index contributed by atoms with van der Waals surface area (Å²) in [6, 6.07) is 12.2. The van der Waals surface area contributed by atoms with Gasteiger partial charge >= 0.3 is 0 Å². The lowest BCUT2D eigenvalue weighted by Crippen LogP contribution is -2.26. The Morgan fingerprint density at radius 2 is 2.00 bits per heavy atom. The summed E-state index contributed by atoms with van der Waals surface area (Å²) < 4.78 is 5.99. The second kappa shape index (κ2) is 5.19. The summed E-state index contributed by atoms with van der Waals surface area (Å²) in [5.41, 5.74) is 6.91. The molecule has 2 aromatic carbocycles. The van der Waals surface area contributed by atoms with Gasteiger partial charge < -0.3 is 15.6 Å². The van der Waals surface area contributed by atoms with Gasteiger partial charge in [-0.25, -0.2) is 0 Å². The van der Waals surface area contributed by atoms with Crippen molar-refractivity contribution in [1.82, 2.24) is 0 Å². The van der Waals surface area contributed by atoms with Crippen molar-refractivity contribution in [2.75, 3.05) is 0 Å². The van der Waals surface area contributed by atoms with Gasteiger partial charge in [0.05, 0.1) is 6.10 Å². The minimum Gasteiger partial charge on any atom is -0.487 e. The number of benzene rings is 2. The van der Waals surface area contributed by atoms with Gasteiger partial charge in [-0.2, -0.15) is 0 Å². The molecule has 3 nitrogen and oxygen atoms in total. The summed E-state index contributed by atoms with van der Waals surface area (Å²) in [6.07, 6.45) is 2.33. The topological polar surface area (TPSA) is 55.5 Å². The SMILES string of the molecule is NCc1c(OC2CCCC2O)ccc2ccccc12. The number of ether oxygens (including phenoxy) is 1. The van der Waals surface area contributed by atoms with E-state index in [1.54, 1.807) is 0 Å². The van der Waals surface area contributed by atoms with Crippen LogP contribution < -0.4 is 10.5 Å². The molecule has 0 amide bonds. The Kier molecular flexibility index (Phi) is 3.40. The highest BCUT2D eigenvalue weighted by Crippen LogP contribution is 2.31. The number of aliphatic hydroxyl groups excluding tert-OH is 1. The van der Waals surface area contributed by atoms with E-state index in [9.17, 15) is 5.11 Å². The molecule has 0 bridgehead atoms. The van der Waals surface area contributed by atoms with Crippen LogP contribution in [0, 0.1) is 0 Å². The Balaban J connectivity index is 1.98. The summed E-state index contributed by atoms with van der Waals surface area (Å²) in [6.45, 7) is 0.444. The molecule has 0 spiro atoms. The maximum absolute atomic E-state index is 9.87. The largest absolute Gasteiger partial charge is 0.487 e. The average Bonchev–Trinajstić information content (AvgIpc) is 2.84. The van der Waals surface area contributed by atoms with E-state index in [1.807, 2.05) is 24.3 Å². The van der Waals surface area contributed by atoms with Crippen molar-refractivity contribution in [2.24, 2.45) is 5.73 Å². The first kappa shape index (κ1) is 12.5. The summed E-state index contributed by atoms with van der Waals surface area (Å²) >= 11 is 0. The number of hydrogen-bond donors (Lipinski definition) is 2.